The maximum atomic E-state index is 14.1. The fraction of sp³-hybridized carbons (Fsp3) is 0.514. The minimum atomic E-state index is -0.546. The quantitative estimate of drug-likeness (QED) is 0.176. The van der Waals surface area contributed by atoms with Gasteiger partial charge in [0.1, 0.15) is 5.58 Å². The van der Waals surface area contributed by atoms with Gasteiger partial charge in [-0.1, -0.05) is 43.3 Å². The van der Waals surface area contributed by atoms with Crippen molar-refractivity contribution in [2.45, 2.75) is 63.8 Å². The Labute approximate surface area is 252 Å². The molecule has 2 aromatic carbocycles. The van der Waals surface area contributed by atoms with Crippen molar-refractivity contribution in [3.63, 3.8) is 0 Å². The van der Waals surface area contributed by atoms with Crippen molar-refractivity contribution in [1.82, 2.24) is 4.90 Å². The summed E-state index contributed by atoms with van der Waals surface area (Å²) < 4.78 is 29.2. The molecule has 1 saturated carbocycles. The lowest BCUT2D eigenvalue weighted by Crippen LogP contribution is -2.46. The van der Waals surface area contributed by atoms with Crippen LogP contribution in [0, 0.1) is 17.8 Å². The van der Waals surface area contributed by atoms with Crippen LogP contribution >= 0.6 is 0 Å². The Kier molecular flexibility index (Phi) is 10.3. The van der Waals surface area contributed by atoms with E-state index in [0.29, 0.717) is 36.5 Å². The van der Waals surface area contributed by atoms with Gasteiger partial charge in [0.05, 0.1) is 19.3 Å². The van der Waals surface area contributed by atoms with Gasteiger partial charge in [-0.05, 0) is 73.3 Å². The van der Waals surface area contributed by atoms with Gasteiger partial charge in [-0.25, -0.2) is 4.79 Å². The van der Waals surface area contributed by atoms with Gasteiger partial charge in [-0.2, -0.15) is 0 Å². The van der Waals surface area contributed by atoms with E-state index in [1.54, 1.807) is 19.2 Å². The lowest BCUT2D eigenvalue weighted by atomic mass is 9.76. The fourth-order valence-electron chi connectivity index (χ4n) is 6.83. The van der Waals surface area contributed by atoms with E-state index in [0.717, 1.165) is 43.2 Å². The zero-order valence-corrected chi connectivity index (χ0v) is 25.1. The molecule has 0 bridgehead atoms. The first-order valence-corrected chi connectivity index (χ1v) is 15.5. The Morgan fingerprint density at radius 3 is 2.49 bits per heavy atom. The van der Waals surface area contributed by atoms with Gasteiger partial charge in [0.15, 0.2) is 5.78 Å². The molecule has 0 spiro atoms. The smallest absolute Gasteiger partial charge is 0.374 e. The van der Waals surface area contributed by atoms with Crippen LogP contribution in [0.2, 0.25) is 0 Å². The lowest BCUT2D eigenvalue weighted by Gasteiger charge is -2.35. The van der Waals surface area contributed by atoms with Crippen molar-refractivity contribution >= 4 is 28.6 Å². The molecular formula is C35H42FNO6. The molecule has 7 nitrogen and oxygen atoms in total. The van der Waals surface area contributed by atoms with Crippen LogP contribution in [0.3, 0.4) is 0 Å². The monoisotopic (exact) mass is 591 g/mol. The Morgan fingerprint density at radius 1 is 1.00 bits per heavy atom. The number of nitrogens with zero attached hydrogens (tertiary/aromatic N) is 1. The average molecular weight is 592 g/mol. The molecule has 1 aliphatic heterocycles. The second kappa shape index (κ2) is 14.3. The van der Waals surface area contributed by atoms with Crippen LogP contribution in [-0.2, 0) is 25.5 Å². The SMILES string of the molecule is COCCCOC(=O)c1cc2cc(CC(=O)[C@@H]3[C@@H](c4ccccc4)CCN3C(=O)C3CCC([C@H](C)CF)CC3)ccc2o1. The first-order valence-electron chi connectivity index (χ1n) is 15.5. The molecule has 1 aliphatic carbocycles. The highest BCUT2D eigenvalue weighted by atomic mass is 19.1. The molecule has 0 unspecified atom stereocenters. The summed E-state index contributed by atoms with van der Waals surface area (Å²) in [5.74, 6) is -0.220. The molecule has 230 valence electrons. The number of carbonyl (C=O) groups is 3. The number of ether oxygens (including phenoxy) is 2. The fourth-order valence-corrected chi connectivity index (χ4v) is 6.83. The van der Waals surface area contributed by atoms with E-state index in [1.165, 1.54) is 0 Å². The number of fused-ring (bicyclic) bond motifs is 1. The third-order valence-electron chi connectivity index (χ3n) is 9.29. The van der Waals surface area contributed by atoms with Crippen LogP contribution < -0.4 is 0 Å². The normalized spacial score (nSPS) is 22.9. The van der Waals surface area contributed by atoms with Crippen LogP contribution in [0.15, 0.2) is 59.0 Å². The van der Waals surface area contributed by atoms with Crippen LogP contribution in [0.25, 0.3) is 11.0 Å². The Morgan fingerprint density at radius 2 is 1.77 bits per heavy atom. The van der Waals surface area contributed by atoms with E-state index in [1.807, 2.05) is 54.3 Å². The van der Waals surface area contributed by atoms with Crippen molar-refractivity contribution in [3.05, 3.63) is 71.5 Å². The Bertz CT molecular complexity index is 1400. The van der Waals surface area contributed by atoms with Gasteiger partial charge in [-0.15, -0.1) is 0 Å². The maximum absolute atomic E-state index is 14.1. The highest BCUT2D eigenvalue weighted by molar-refractivity contribution is 5.95. The number of carbonyl (C=O) groups excluding carboxylic acids is 3. The number of likely N-dealkylation sites (tertiary alicyclic amines) is 1. The molecule has 5 rings (SSSR count). The van der Waals surface area contributed by atoms with E-state index in [4.69, 9.17) is 13.9 Å². The number of ketones is 1. The van der Waals surface area contributed by atoms with Gasteiger partial charge in [0.25, 0.3) is 0 Å². The van der Waals surface area contributed by atoms with Crippen LogP contribution in [-0.4, -0.2) is 62.1 Å². The minimum Gasteiger partial charge on any atom is -0.460 e. The lowest BCUT2D eigenvalue weighted by molar-refractivity contribution is -0.142. The number of methoxy groups -OCH3 is 1. The number of furan rings is 1. The summed E-state index contributed by atoms with van der Waals surface area (Å²) in [6, 6.07) is 16.5. The minimum absolute atomic E-state index is 0.0000571. The summed E-state index contributed by atoms with van der Waals surface area (Å²) in [5.41, 5.74) is 2.40. The average Bonchev–Trinajstić information content (AvgIpc) is 3.68. The molecule has 8 heteroatoms. The molecule has 43 heavy (non-hydrogen) atoms. The van der Waals surface area contributed by atoms with Gasteiger partial charge < -0.3 is 18.8 Å². The summed E-state index contributed by atoms with van der Waals surface area (Å²) in [6.45, 7) is 2.91. The van der Waals surface area contributed by atoms with Crippen molar-refractivity contribution in [3.8, 4) is 0 Å². The highest BCUT2D eigenvalue weighted by Crippen LogP contribution is 2.39. The first-order chi connectivity index (χ1) is 20.9. The van der Waals surface area contributed by atoms with Gasteiger partial charge in [0, 0.05) is 50.3 Å². The van der Waals surface area contributed by atoms with E-state index in [-0.39, 0.29) is 54.9 Å². The molecule has 1 aromatic heterocycles. The Hall–Kier alpha value is -3.52. The number of hydrogen-bond donors (Lipinski definition) is 0. The third kappa shape index (κ3) is 7.18. The summed E-state index contributed by atoms with van der Waals surface area (Å²) in [4.78, 5) is 42.2. The van der Waals surface area contributed by atoms with Crippen molar-refractivity contribution in [1.29, 1.82) is 0 Å². The van der Waals surface area contributed by atoms with Gasteiger partial charge >= 0.3 is 5.97 Å². The Balaban J connectivity index is 1.31. The number of alkyl halides is 1. The van der Waals surface area contributed by atoms with E-state index < -0.39 is 12.0 Å². The number of benzene rings is 2. The summed E-state index contributed by atoms with van der Waals surface area (Å²) in [7, 11) is 1.59. The third-order valence-corrected chi connectivity index (χ3v) is 9.29. The first kappa shape index (κ1) is 30.9. The number of rotatable bonds is 12. The highest BCUT2D eigenvalue weighted by Gasteiger charge is 2.44. The summed E-state index contributed by atoms with van der Waals surface area (Å²) >= 11 is 0. The molecule has 1 amide bonds. The number of halogens is 1. The summed E-state index contributed by atoms with van der Waals surface area (Å²) in [6.07, 6.45) is 4.69. The van der Waals surface area contributed by atoms with Crippen molar-refractivity contribution in [2.24, 2.45) is 17.8 Å². The van der Waals surface area contributed by atoms with E-state index in [9.17, 15) is 18.8 Å². The second-order valence-corrected chi connectivity index (χ2v) is 12.1. The molecule has 2 heterocycles. The topological polar surface area (TPSA) is 86.0 Å². The predicted octanol–water partition coefficient (Wildman–Crippen LogP) is 6.53. The molecule has 1 saturated heterocycles. The molecule has 2 aliphatic rings. The number of hydrogen-bond acceptors (Lipinski definition) is 6. The van der Waals surface area contributed by atoms with E-state index in [2.05, 4.69) is 0 Å². The van der Waals surface area contributed by atoms with Crippen LogP contribution in [0.5, 0.6) is 0 Å². The van der Waals surface area contributed by atoms with Crippen molar-refractivity contribution in [2.75, 3.05) is 33.5 Å². The van der Waals surface area contributed by atoms with Gasteiger partial charge in [0.2, 0.25) is 11.7 Å². The molecular weight excluding hydrogens is 549 g/mol. The zero-order chi connectivity index (χ0) is 30.3. The van der Waals surface area contributed by atoms with Gasteiger partial charge in [-0.3, -0.25) is 14.0 Å². The second-order valence-electron chi connectivity index (χ2n) is 12.1. The molecule has 0 N–H and O–H groups in total. The molecule has 0 radical (unpaired) electrons. The number of esters is 1. The number of amides is 1. The standard InChI is InChI=1S/C35H42FNO6/c1-23(22-36)25-10-12-27(13-11-25)34(39)37-16-15-29(26-7-4-3-5-8-26)33(37)30(38)20-24-9-14-31-28(19-24)21-32(43-31)35(40)42-18-6-17-41-2/h3-5,7-9,14,19,21,23,25,27,29,33H,6,10-13,15-18,20,22H2,1-2H3/t23-,25?,27?,29-,33+/m1/s1. The largest absolute Gasteiger partial charge is 0.460 e. The van der Waals surface area contributed by atoms with Crippen LogP contribution in [0.1, 0.15) is 73.0 Å². The zero-order valence-electron chi connectivity index (χ0n) is 25.1. The molecule has 3 aromatic rings. The molecule has 3 atom stereocenters. The van der Waals surface area contributed by atoms with Crippen molar-refractivity contribution < 1.29 is 32.7 Å². The molecule has 2 fully saturated rings. The summed E-state index contributed by atoms with van der Waals surface area (Å²) in [5, 5.41) is 0.715. The van der Waals surface area contributed by atoms with E-state index >= 15 is 0 Å². The predicted molar refractivity (Wildman–Crippen MR) is 162 cm³/mol. The maximum Gasteiger partial charge on any atom is 0.374 e. The number of Topliss-reactive ketones (excluding diaryl/α,β-unsaturated/α-hetero) is 1. The van der Waals surface area contributed by atoms with Crippen LogP contribution in [0.4, 0.5) is 4.39 Å².